The standard InChI is InChI=1S/C18H19N7O/c1-19-18(26)16-13(7-8-20-22-16)21-14-6-4-5-12-15-11(10-25(3)23-15)9-24(2)17(12)14/h4-8,10H,9H2,1-3H3,(H,19,26)(H,20,21). The van der Waals surface area contributed by atoms with Crippen LogP contribution in [-0.2, 0) is 13.6 Å². The van der Waals surface area contributed by atoms with Gasteiger partial charge in [-0.15, -0.1) is 5.10 Å². The van der Waals surface area contributed by atoms with Gasteiger partial charge in [-0.05, 0) is 12.1 Å². The van der Waals surface area contributed by atoms with Crippen LogP contribution in [0.1, 0.15) is 16.1 Å². The number of amides is 1. The summed E-state index contributed by atoms with van der Waals surface area (Å²) in [5, 5.41) is 18.3. The van der Waals surface area contributed by atoms with Gasteiger partial charge in [0.1, 0.15) is 0 Å². The van der Waals surface area contributed by atoms with Crippen LogP contribution in [0.5, 0.6) is 0 Å². The van der Waals surface area contributed by atoms with Gasteiger partial charge in [0.2, 0.25) is 0 Å². The third-order valence-corrected chi connectivity index (χ3v) is 4.42. The summed E-state index contributed by atoms with van der Waals surface area (Å²) in [4.78, 5) is 14.2. The molecule has 3 heterocycles. The lowest BCUT2D eigenvalue weighted by Crippen LogP contribution is -2.23. The first kappa shape index (κ1) is 16.1. The second kappa shape index (κ2) is 6.14. The second-order valence-corrected chi connectivity index (χ2v) is 6.23. The maximum absolute atomic E-state index is 12.1. The lowest BCUT2D eigenvalue weighted by Gasteiger charge is -2.29. The smallest absolute Gasteiger partial charge is 0.273 e. The molecule has 2 aromatic heterocycles. The Bertz CT molecular complexity index is 995. The fourth-order valence-corrected chi connectivity index (χ4v) is 3.33. The molecule has 1 aliphatic rings. The first-order valence-corrected chi connectivity index (χ1v) is 8.26. The van der Waals surface area contributed by atoms with Crippen LogP contribution in [0.3, 0.4) is 0 Å². The summed E-state index contributed by atoms with van der Waals surface area (Å²) < 4.78 is 1.84. The van der Waals surface area contributed by atoms with E-state index >= 15 is 0 Å². The van der Waals surface area contributed by atoms with Crippen molar-refractivity contribution in [2.24, 2.45) is 7.05 Å². The van der Waals surface area contributed by atoms with E-state index in [4.69, 9.17) is 0 Å². The van der Waals surface area contributed by atoms with Crippen LogP contribution in [0, 0.1) is 0 Å². The summed E-state index contributed by atoms with van der Waals surface area (Å²) in [7, 11) is 5.55. The molecule has 0 saturated heterocycles. The van der Waals surface area contributed by atoms with Crippen LogP contribution in [0.2, 0.25) is 0 Å². The molecule has 0 fully saturated rings. The van der Waals surface area contributed by atoms with Crippen LogP contribution < -0.4 is 15.5 Å². The number of benzene rings is 1. The molecule has 1 amide bonds. The van der Waals surface area contributed by atoms with Crippen molar-refractivity contribution in [3.63, 3.8) is 0 Å². The molecule has 0 saturated carbocycles. The average molecular weight is 349 g/mol. The summed E-state index contributed by atoms with van der Waals surface area (Å²) in [5.74, 6) is -0.286. The summed E-state index contributed by atoms with van der Waals surface area (Å²) in [5.41, 5.74) is 6.03. The minimum atomic E-state index is -0.286. The van der Waals surface area contributed by atoms with Crippen molar-refractivity contribution in [2.75, 3.05) is 24.3 Å². The molecule has 4 rings (SSSR count). The number of para-hydroxylation sites is 1. The maximum atomic E-state index is 12.1. The zero-order valence-corrected chi connectivity index (χ0v) is 14.8. The van der Waals surface area contributed by atoms with Gasteiger partial charge in [0.05, 0.1) is 29.0 Å². The van der Waals surface area contributed by atoms with Gasteiger partial charge in [-0.25, -0.2) is 0 Å². The molecule has 8 nitrogen and oxygen atoms in total. The Hall–Kier alpha value is -3.42. The Morgan fingerprint density at radius 1 is 1.19 bits per heavy atom. The van der Waals surface area contributed by atoms with Crippen molar-refractivity contribution in [3.05, 3.63) is 47.9 Å². The van der Waals surface area contributed by atoms with E-state index in [1.54, 1.807) is 19.3 Å². The highest BCUT2D eigenvalue weighted by atomic mass is 16.1. The molecule has 3 aromatic rings. The van der Waals surface area contributed by atoms with E-state index < -0.39 is 0 Å². The van der Waals surface area contributed by atoms with Crippen LogP contribution in [0.15, 0.2) is 36.7 Å². The summed E-state index contributed by atoms with van der Waals surface area (Å²) in [6, 6.07) is 7.77. The number of anilines is 3. The zero-order chi connectivity index (χ0) is 18.3. The van der Waals surface area contributed by atoms with Crippen molar-refractivity contribution < 1.29 is 4.79 Å². The maximum Gasteiger partial charge on any atom is 0.273 e. The van der Waals surface area contributed by atoms with Gasteiger partial charge in [0.15, 0.2) is 5.69 Å². The molecule has 26 heavy (non-hydrogen) atoms. The van der Waals surface area contributed by atoms with Crippen molar-refractivity contribution in [2.45, 2.75) is 6.54 Å². The van der Waals surface area contributed by atoms with Crippen molar-refractivity contribution >= 4 is 23.0 Å². The molecule has 1 aliphatic heterocycles. The number of hydrogen-bond donors (Lipinski definition) is 2. The normalized spacial score (nSPS) is 12.3. The van der Waals surface area contributed by atoms with E-state index in [0.29, 0.717) is 5.69 Å². The highest BCUT2D eigenvalue weighted by Crippen LogP contribution is 2.43. The highest BCUT2D eigenvalue weighted by Gasteiger charge is 2.25. The molecule has 132 valence electrons. The Morgan fingerprint density at radius 2 is 2.04 bits per heavy atom. The van der Waals surface area contributed by atoms with Gasteiger partial charge in [0.25, 0.3) is 5.91 Å². The number of carbonyl (C=O) groups is 1. The van der Waals surface area contributed by atoms with Crippen molar-refractivity contribution in [1.82, 2.24) is 25.3 Å². The molecule has 0 atom stereocenters. The van der Waals surface area contributed by atoms with Crippen molar-refractivity contribution in [3.8, 4) is 11.3 Å². The van der Waals surface area contributed by atoms with Gasteiger partial charge in [-0.3, -0.25) is 9.48 Å². The SMILES string of the molecule is CNC(=O)c1nnccc1Nc1cccc2c1N(C)Cc1cn(C)nc1-2. The van der Waals surface area contributed by atoms with E-state index in [0.717, 1.165) is 29.2 Å². The molecule has 0 radical (unpaired) electrons. The minimum Gasteiger partial charge on any atom is -0.368 e. The molecule has 2 N–H and O–H groups in total. The average Bonchev–Trinajstić information content (AvgIpc) is 3.02. The van der Waals surface area contributed by atoms with Crippen LogP contribution >= 0.6 is 0 Å². The number of rotatable bonds is 3. The Balaban J connectivity index is 1.81. The minimum absolute atomic E-state index is 0.254. The summed E-state index contributed by atoms with van der Waals surface area (Å²) in [6.07, 6.45) is 3.61. The molecule has 0 bridgehead atoms. The zero-order valence-electron chi connectivity index (χ0n) is 14.8. The van der Waals surface area contributed by atoms with Crippen LogP contribution in [0.4, 0.5) is 17.1 Å². The predicted octanol–water partition coefficient (Wildman–Crippen LogP) is 1.93. The first-order valence-electron chi connectivity index (χ1n) is 8.26. The predicted molar refractivity (Wildman–Crippen MR) is 99.5 cm³/mol. The summed E-state index contributed by atoms with van der Waals surface area (Å²) in [6.45, 7) is 0.770. The van der Waals surface area contributed by atoms with Crippen LogP contribution in [-0.4, -0.2) is 40.0 Å². The molecular formula is C18H19N7O. The van der Waals surface area contributed by atoms with E-state index in [1.807, 2.05) is 37.1 Å². The number of fused-ring (bicyclic) bond motifs is 3. The third-order valence-electron chi connectivity index (χ3n) is 4.42. The van der Waals surface area contributed by atoms with Gasteiger partial charge in [-0.2, -0.15) is 10.2 Å². The Morgan fingerprint density at radius 3 is 2.85 bits per heavy atom. The largest absolute Gasteiger partial charge is 0.368 e. The molecule has 0 spiro atoms. The van der Waals surface area contributed by atoms with Gasteiger partial charge in [-0.1, -0.05) is 12.1 Å². The molecule has 0 aliphatic carbocycles. The monoisotopic (exact) mass is 349 g/mol. The Labute approximate surface area is 150 Å². The lowest BCUT2D eigenvalue weighted by atomic mass is 9.99. The fraction of sp³-hybridized carbons (Fsp3) is 0.222. The number of nitrogens with one attached hydrogen (secondary N) is 2. The number of aromatic nitrogens is 4. The number of hydrogen-bond acceptors (Lipinski definition) is 6. The van der Waals surface area contributed by atoms with E-state index in [1.165, 1.54) is 5.56 Å². The van der Waals surface area contributed by atoms with E-state index in [-0.39, 0.29) is 11.6 Å². The lowest BCUT2D eigenvalue weighted by molar-refractivity contribution is 0.0958. The van der Waals surface area contributed by atoms with E-state index in [2.05, 4.69) is 36.9 Å². The first-order chi connectivity index (χ1) is 12.6. The number of aryl methyl sites for hydroxylation is 1. The quantitative estimate of drug-likeness (QED) is 0.751. The molecule has 0 unspecified atom stereocenters. The fourth-order valence-electron chi connectivity index (χ4n) is 3.33. The summed E-state index contributed by atoms with van der Waals surface area (Å²) >= 11 is 0. The van der Waals surface area contributed by atoms with Crippen LogP contribution in [0.25, 0.3) is 11.3 Å². The third kappa shape index (κ3) is 2.55. The van der Waals surface area contributed by atoms with E-state index in [9.17, 15) is 4.79 Å². The molecule has 1 aromatic carbocycles. The molecule has 8 heteroatoms. The second-order valence-electron chi connectivity index (χ2n) is 6.23. The Kier molecular flexibility index (Phi) is 3.80. The number of carbonyl (C=O) groups excluding carboxylic acids is 1. The van der Waals surface area contributed by atoms with Gasteiger partial charge < -0.3 is 15.5 Å². The number of nitrogens with zero attached hydrogens (tertiary/aromatic N) is 5. The highest BCUT2D eigenvalue weighted by molar-refractivity contribution is 5.99. The van der Waals surface area contributed by atoms with Gasteiger partial charge >= 0.3 is 0 Å². The van der Waals surface area contributed by atoms with Gasteiger partial charge in [0, 0.05) is 45.0 Å². The van der Waals surface area contributed by atoms with Crippen molar-refractivity contribution in [1.29, 1.82) is 0 Å². The molecular weight excluding hydrogens is 330 g/mol. The topological polar surface area (TPSA) is 88.0 Å².